The van der Waals surface area contributed by atoms with E-state index in [1.54, 1.807) is 12.1 Å². The molecule has 6 aromatic rings. The van der Waals surface area contributed by atoms with Gasteiger partial charge in [0.25, 0.3) is 0 Å². The van der Waals surface area contributed by atoms with Crippen LogP contribution in [-0.2, 0) is 9.84 Å². The van der Waals surface area contributed by atoms with Gasteiger partial charge < -0.3 is 4.57 Å². The van der Waals surface area contributed by atoms with Gasteiger partial charge in [-0.25, -0.2) is 8.42 Å². The second kappa shape index (κ2) is 13.9. The Morgan fingerprint density at radius 2 is 1.42 bits per heavy atom. The van der Waals surface area contributed by atoms with Gasteiger partial charge in [0.05, 0.1) is 20.8 Å². The Labute approximate surface area is 307 Å². The van der Waals surface area contributed by atoms with E-state index in [1.165, 1.54) is 43.7 Å². The molecule has 0 N–H and O–H groups in total. The third-order valence-corrected chi connectivity index (χ3v) is 13.1. The summed E-state index contributed by atoms with van der Waals surface area (Å²) in [5.74, 6) is 0. The molecule has 5 heteroatoms. The molecule has 0 radical (unpaired) electrons. The Morgan fingerprint density at radius 1 is 0.731 bits per heavy atom. The number of hydrogen-bond acceptors (Lipinski definition) is 2. The summed E-state index contributed by atoms with van der Waals surface area (Å²) in [6.45, 7) is 9.06. The maximum atomic E-state index is 14.6. The number of nitrogens with zero attached hydrogens (tertiary/aromatic N) is 2. The Hall–Kier alpha value is -5.00. The summed E-state index contributed by atoms with van der Waals surface area (Å²) < 4.78 is 34.2. The van der Waals surface area contributed by atoms with Crippen LogP contribution in [-0.4, -0.2) is 29.3 Å². The van der Waals surface area contributed by atoms with Crippen molar-refractivity contribution in [2.75, 3.05) is 0 Å². The van der Waals surface area contributed by atoms with E-state index in [-0.39, 0.29) is 0 Å². The second-order valence-corrected chi connectivity index (χ2v) is 16.4. The molecule has 52 heavy (non-hydrogen) atoms. The van der Waals surface area contributed by atoms with Gasteiger partial charge in [-0.05, 0) is 91.8 Å². The molecular formula is C47H47N2O2S+. The van der Waals surface area contributed by atoms with Gasteiger partial charge in [0.1, 0.15) is 0 Å². The van der Waals surface area contributed by atoms with Crippen LogP contribution in [0.3, 0.4) is 0 Å². The van der Waals surface area contributed by atoms with Crippen molar-refractivity contribution >= 4 is 59.8 Å². The maximum absolute atomic E-state index is 14.6. The van der Waals surface area contributed by atoms with E-state index < -0.39 is 9.84 Å². The van der Waals surface area contributed by atoms with Crippen LogP contribution in [0.4, 0.5) is 5.69 Å². The summed E-state index contributed by atoms with van der Waals surface area (Å²) >= 11 is 0. The highest BCUT2D eigenvalue weighted by Gasteiger charge is 2.35. The first-order chi connectivity index (χ1) is 25.3. The van der Waals surface area contributed by atoms with Crippen LogP contribution in [0.15, 0.2) is 142 Å². The zero-order valence-corrected chi connectivity index (χ0v) is 31.5. The molecule has 8 rings (SSSR count). The molecule has 0 fully saturated rings. The Morgan fingerprint density at radius 3 is 2.17 bits per heavy atom. The topological polar surface area (TPSA) is 42.1 Å². The van der Waals surface area contributed by atoms with Gasteiger partial charge in [-0.15, -0.1) is 0 Å². The van der Waals surface area contributed by atoms with Crippen molar-refractivity contribution in [2.24, 2.45) is 0 Å². The highest BCUT2D eigenvalue weighted by Crippen LogP contribution is 2.41. The molecule has 0 saturated heterocycles. The number of aromatic nitrogens is 1. The van der Waals surface area contributed by atoms with E-state index in [1.807, 2.05) is 18.2 Å². The first kappa shape index (κ1) is 34.1. The van der Waals surface area contributed by atoms with E-state index in [0.29, 0.717) is 34.7 Å². The van der Waals surface area contributed by atoms with E-state index in [0.717, 1.165) is 47.9 Å². The molecule has 1 aliphatic heterocycles. The third kappa shape index (κ3) is 5.67. The largest absolute Gasteiger partial charge is 0.338 e. The molecule has 0 amide bonds. The lowest BCUT2D eigenvalue weighted by atomic mass is 10.0. The standard InChI is InChI=1S/C47H47N2O2S/c1-5-14-32(3)48-41(39-22-10-16-34-18-12-24-43(48)45(34)39)30-28-36-26-27-37(47(36)52(50,51)38-20-8-7-9-21-38)29-31-42-40-23-11-17-35-19-13-25-44(46(35)40)49(42)33(4)15-6-2/h7-13,16-25,28-33H,5-6,14-15,26-27H2,1-4H3/q+1. The molecule has 262 valence electrons. The SMILES string of the molecule is CCCC(C)n1/c(=C/C=C2\CCC(/C=C/C3=[N+](C(C)CCC)c4cccc5cccc3c45)=C2S(=O)(=O)c2ccccc2)c2cccc3cccc1c32. The minimum atomic E-state index is -3.80. The lowest BCUT2D eigenvalue weighted by Gasteiger charge is -2.15. The normalized spacial score (nSPS) is 17.3. The molecule has 4 nitrogen and oxygen atoms in total. The van der Waals surface area contributed by atoms with Gasteiger partial charge in [-0.2, -0.15) is 4.58 Å². The van der Waals surface area contributed by atoms with Crippen molar-refractivity contribution in [1.29, 1.82) is 0 Å². The molecule has 0 saturated carbocycles. The summed E-state index contributed by atoms with van der Waals surface area (Å²) in [6, 6.07) is 35.7. The molecule has 2 unspecified atom stereocenters. The Kier molecular flexibility index (Phi) is 9.09. The Balaban J connectivity index is 1.32. The van der Waals surface area contributed by atoms with Crippen molar-refractivity contribution in [1.82, 2.24) is 4.57 Å². The van der Waals surface area contributed by atoms with Crippen molar-refractivity contribution in [3.63, 3.8) is 0 Å². The molecule has 2 heterocycles. The molecule has 1 aromatic heterocycles. The smallest absolute Gasteiger partial charge is 0.214 e. The quantitative estimate of drug-likeness (QED) is 0.126. The van der Waals surface area contributed by atoms with E-state index in [9.17, 15) is 8.42 Å². The molecule has 0 bridgehead atoms. The van der Waals surface area contributed by atoms with Crippen LogP contribution >= 0.6 is 0 Å². The van der Waals surface area contributed by atoms with Crippen molar-refractivity contribution < 1.29 is 13.0 Å². The van der Waals surface area contributed by atoms with Gasteiger partial charge in [-0.1, -0.05) is 105 Å². The van der Waals surface area contributed by atoms with Gasteiger partial charge >= 0.3 is 0 Å². The number of sulfone groups is 1. The van der Waals surface area contributed by atoms with Crippen LogP contribution in [0.25, 0.3) is 38.5 Å². The number of benzene rings is 5. The maximum Gasteiger partial charge on any atom is 0.214 e. The number of allylic oxidation sites excluding steroid dienone is 5. The predicted molar refractivity (Wildman–Crippen MR) is 218 cm³/mol. The van der Waals surface area contributed by atoms with E-state index >= 15 is 0 Å². The lowest BCUT2D eigenvalue weighted by Crippen LogP contribution is -2.22. The minimum absolute atomic E-state index is 0.299. The fraction of sp³-hybridized carbons (Fsp3) is 0.255. The van der Waals surface area contributed by atoms with Gasteiger partial charge in [0.15, 0.2) is 6.04 Å². The summed E-state index contributed by atoms with van der Waals surface area (Å²) in [5, 5.41) is 7.33. The third-order valence-electron chi connectivity index (χ3n) is 11.1. The van der Waals surface area contributed by atoms with E-state index in [4.69, 9.17) is 0 Å². The van der Waals surface area contributed by atoms with E-state index in [2.05, 4.69) is 134 Å². The van der Waals surface area contributed by atoms with Crippen LogP contribution in [0.2, 0.25) is 0 Å². The average molecular weight is 704 g/mol. The number of hydrogen-bond donors (Lipinski definition) is 0. The summed E-state index contributed by atoms with van der Waals surface area (Å²) in [5.41, 5.74) is 6.52. The van der Waals surface area contributed by atoms with Crippen LogP contribution in [0, 0.1) is 0 Å². The highest BCUT2D eigenvalue weighted by atomic mass is 32.2. The average Bonchev–Trinajstić information content (AvgIpc) is 3.82. The summed E-state index contributed by atoms with van der Waals surface area (Å²) in [6.07, 6.45) is 14.2. The monoisotopic (exact) mass is 703 g/mol. The van der Waals surface area contributed by atoms with Gasteiger partial charge in [-0.3, -0.25) is 0 Å². The van der Waals surface area contributed by atoms with Gasteiger partial charge in [0.2, 0.25) is 21.2 Å². The molecule has 5 aromatic carbocycles. The fourth-order valence-corrected chi connectivity index (χ4v) is 10.6. The van der Waals surface area contributed by atoms with Crippen molar-refractivity contribution in [3.05, 3.63) is 148 Å². The molecular weight excluding hydrogens is 657 g/mol. The first-order valence-corrected chi connectivity index (χ1v) is 20.4. The zero-order valence-electron chi connectivity index (χ0n) is 30.6. The molecule has 2 aliphatic rings. The van der Waals surface area contributed by atoms with Crippen LogP contribution < -0.4 is 5.35 Å². The van der Waals surface area contributed by atoms with Gasteiger partial charge in [0, 0.05) is 46.2 Å². The number of rotatable bonds is 11. The predicted octanol–water partition coefficient (Wildman–Crippen LogP) is 11.1. The Bertz CT molecular complexity index is 2630. The second-order valence-electron chi connectivity index (χ2n) is 14.5. The molecule has 0 spiro atoms. The van der Waals surface area contributed by atoms with Crippen molar-refractivity contribution in [3.8, 4) is 0 Å². The fourth-order valence-electron chi connectivity index (χ4n) is 8.82. The summed E-state index contributed by atoms with van der Waals surface area (Å²) in [7, 11) is -3.80. The summed E-state index contributed by atoms with van der Waals surface area (Å²) in [4.78, 5) is 0.771. The minimum Gasteiger partial charge on any atom is -0.338 e. The molecule has 1 aliphatic carbocycles. The first-order valence-electron chi connectivity index (χ1n) is 19.0. The molecule has 2 atom stereocenters. The van der Waals surface area contributed by atoms with Crippen LogP contribution in [0.5, 0.6) is 0 Å². The van der Waals surface area contributed by atoms with Crippen molar-refractivity contribution in [2.45, 2.75) is 83.2 Å². The lowest BCUT2D eigenvalue weighted by molar-refractivity contribution is -0.476. The van der Waals surface area contributed by atoms with Crippen LogP contribution in [0.1, 0.15) is 77.8 Å². The highest BCUT2D eigenvalue weighted by molar-refractivity contribution is 7.95. The zero-order chi connectivity index (χ0) is 36.0.